The molecule has 33 heavy (non-hydrogen) atoms. The molecular weight excluding hydrogens is 428 g/mol. The molecule has 0 heterocycles. The zero-order valence-corrected chi connectivity index (χ0v) is 23.1. The van der Waals surface area contributed by atoms with Crippen LogP contribution in [0.3, 0.4) is 0 Å². The lowest BCUT2D eigenvalue weighted by molar-refractivity contribution is 0.313. The molecule has 1 aromatic rings. The zero-order chi connectivity index (χ0) is 25.2. The Labute approximate surface area is 208 Å². The Morgan fingerprint density at radius 1 is 0.758 bits per heavy atom. The van der Waals surface area contributed by atoms with Gasteiger partial charge < -0.3 is 10.2 Å². The number of alkyl halides is 1. The van der Waals surface area contributed by atoms with Crippen LogP contribution in [0.15, 0.2) is 34.9 Å². The lowest BCUT2D eigenvalue weighted by Crippen LogP contribution is -2.19. The highest BCUT2D eigenvalue weighted by Crippen LogP contribution is 2.39. The van der Waals surface area contributed by atoms with Gasteiger partial charge in [-0.15, -0.1) is 11.6 Å². The maximum Gasteiger partial charge on any atom is 0.122 e. The minimum Gasteiger partial charge on any atom is -0.507 e. The average Bonchev–Trinajstić information content (AvgIpc) is 2.76. The maximum absolute atomic E-state index is 10.6. The Hall–Kier alpha value is -1.67. The highest BCUT2D eigenvalue weighted by atomic mass is 35.5. The van der Waals surface area contributed by atoms with Crippen molar-refractivity contribution < 1.29 is 10.2 Å². The molecule has 3 heteroatoms. The summed E-state index contributed by atoms with van der Waals surface area (Å²) in [6.07, 6.45) is 15.2. The molecule has 0 aromatic heterocycles. The van der Waals surface area contributed by atoms with E-state index in [9.17, 15) is 10.2 Å². The molecule has 2 N–H and O–H groups in total. The summed E-state index contributed by atoms with van der Waals surface area (Å²) in [5.41, 5.74) is 7.46. The summed E-state index contributed by atoms with van der Waals surface area (Å²) in [5, 5.41) is 21.0. The van der Waals surface area contributed by atoms with Crippen molar-refractivity contribution in [2.24, 2.45) is 5.41 Å². The molecule has 2 nitrogen and oxygen atoms in total. The van der Waals surface area contributed by atoms with Gasteiger partial charge in [0.25, 0.3) is 0 Å². The predicted molar refractivity (Wildman–Crippen MR) is 146 cm³/mol. The third kappa shape index (κ3) is 9.61. The summed E-state index contributed by atoms with van der Waals surface area (Å²) in [6, 6.07) is 0. The molecule has 1 unspecified atom stereocenters. The van der Waals surface area contributed by atoms with Gasteiger partial charge in [-0.3, -0.25) is 0 Å². The fraction of sp³-hybridized carbons (Fsp3) is 0.600. The van der Waals surface area contributed by atoms with Crippen LogP contribution < -0.4 is 0 Å². The molecule has 0 fully saturated rings. The van der Waals surface area contributed by atoms with Crippen molar-refractivity contribution in [3.8, 4) is 11.5 Å². The zero-order valence-electron chi connectivity index (χ0n) is 22.4. The number of phenolic OH excluding ortho intramolecular Hbond substituents is 2. The second kappa shape index (κ2) is 13.9. The van der Waals surface area contributed by atoms with Crippen molar-refractivity contribution in [3.63, 3.8) is 0 Å². The van der Waals surface area contributed by atoms with Crippen molar-refractivity contribution in [2.75, 3.05) is 5.88 Å². The third-order valence-electron chi connectivity index (χ3n) is 7.03. The van der Waals surface area contributed by atoms with Crippen LogP contribution in [-0.2, 0) is 6.42 Å². The van der Waals surface area contributed by atoms with Crippen molar-refractivity contribution in [1.82, 2.24) is 0 Å². The van der Waals surface area contributed by atoms with Gasteiger partial charge in [0, 0.05) is 11.4 Å². The van der Waals surface area contributed by atoms with Gasteiger partial charge in [-0.2, -0.15) is 0 Å². The number of halogens is 1. The Morgan fingerprint density at radius 2 is 1.27 bits per heavy atom. The Bertz CT molecular complexity index is 843. The van der Waals surface area contributed by atoms with Crippen LogP contribution in [0.5, 0.6) is 11.5 Å². The summed E-state index contributed by atoms with van der Waals surface area (Å²) >= 11 is 6.39. The summed E-state index contributed by atoms with van der Waals surface area (Å²) in [6.45, 7) is 16.6. The Morgan fingerprint density at radius 3 is 1.82 bits per heavy atom. The van der Waals surface area contributed by atoms with Crippen molar-refractivity contribution in [3.05, 3.63) is 57.2 Å². The van der Waals surface area contributed by atoms with Crippen LogP contribution in [0.25, 0.3) is 0 Å². The second-order valence-electron chi connectivity index (χ2n) is 10.5. The molecule has 0 saturated heterocycles. The molecule has 0 aliphatic carbocycles. The van der Waals surface area contributed by atoms with Crippen LogP contribution in [-0.4, -0.2) is 16.1 Å². The van der Waals surface area contributed by atoms with E-state index in [4.69, 9.17) is 11.6 Å². The SMILES string of the molecule is CC(C)=CCC/C(C)=C/CC/C(C)=C/CCC(C)(CCl)CCc1c(C)c(O)c(C)c(C)c1O. The second-order valence-corrected chi connectivity index (χ2v) is 10.8. The number of hydrogen-bond donors (Lipinski definition) is 2. The first-order valence-electron chi connectivity index (χ1n) is 12.4. The van der Waals surface area contributed by atoms with E-state index in [1.54, 1.807) is 0 Å². The van der Waals surface area contributed by atoms with E-state index in [0.717, 1.165) is 73.6 Å². The number of hydrogen-bond acceptors (Lipinski definition) is 2. The smallest absolute Gasteiger partial charge is 0.122 e. The van der Waals surface area contributed by atoms with Crippen molar-refractivity contribution in [2.45, 2.75) is 107 Å². The first-order valence-corrected chi connectivity index (χ1v) is 13.0. The van der Waals surface area contributed by atoms with E-state index in [-0.39, 0.29) is 5.41 Å². The number of aromatic hydroxyl groups is 2. The molecule has 0 bridgehead atoms. The topological polar surface area (TPSA) is 40.5 Å². The summed E-state index contributed by atoms with van der Waals surface area (Å²) < 4.78 is 0. The Balaban J connectivity index is 2.61. The van der Waals surface area contributed by atoms with Gasteiger partial charge in [-0.05, 0) is 122 Å². The van der Waals surface area contributed by atoms with Gasteiger partial charge in [0.2, 0.25) is 0 Å². The molecule has 0 aliphatic rings. The highest BCUT2D eigenvalue weighted by molar-refractivity contribution is 6.18. The number of rotatable bonds is 13. The van der Waals surface area contributed by atoms with Crippen LogP contribution in [0.1, 0.15) is 102 Å². The number of allylic oxidation sites excluding steroid dienone is 6. The van der Waals surface area contributed by atoms with E-state index in [1.165, 1.54) is 16.7 Å². The minimum atomic E-state index is -0.00690. The summed E-state index contributed by atoms with van der Waals surface area (Å²) in [4.78, 5) is 0. The van der Waals surface area contributed by atoms with E-state index < -0.39 is 0 Å². The lowest BCUT2D eigenvalue weighted by Gasteiger charge is -2.28. The molecule has 0 amide bonds. The Kier molecular flexibility index (Phi) is 12.4. The molecule has 0 saturated carbocycles. The normalized spacial score (nSPS) is 14.3. The first kappa shape index (κ1) is 29.4. The van der Waals surface area contributed by atoms with Crippen LogP contribution in [0.4, 0.5) is 0 Å². The van der Waals surface area contributed by atoms with Crippen LogP contribution in [0, 0.1) is 26.2 Å². The van der Waals surface area contributed by atoms with Gasteiger partial charge in [-0.25, -0.2) is 0 Å². The molecule has 186 valence electrons. The number of phenols is 2. The molecule has 0 spiro atoms. The largest absolute Gasteiger partial charge is 0.507 e. The van der Waals surface area contributed by atoms with E-state index in [2.05, 4.69) is 52.8 Å². The molecule has 1 aromatic carbocycles. The molecule has 1 rings (SSSR count). The van der Waals surface area contributed by atoms with Gasteiger partial charge in [0.05, 0.1) is 0 Å². The lowest BCUT2D eigenvalue weighted by atomic mass is 9.80. The highest BCUT2D eigenvalue weighted by Gasteiger charge is 2.25. The standard InChI is InChI=1S/C30H47ClO2/c1-21(2)12-9-13-22(3)14-10-15-23(4)16-11-18-30(8,20-31)19-17-27-26(7)28(32)24(5)25(6)29(27)33/h12,14,16,32-33H,9-11,13,15,17-20H2,1-8H3/b22-14+,23-16+. The fourth-order valence-corrected chi connectivity index (χ4v) is 4.45. The maximum atomic E-state index is 10.6. The quantitative estimate of drug-likeness (QED) is 0.170. The van der Waals surface area contributed by atoms with Gasteiger partial charge in [-0.1, -0.05) is 41.9 Å². The third-order valence-corrected chi connectivity index (χ3v) is 7.68. The van der Waals surface area contributed by atoms with Gasteiger partial charge >= 0.3 is 0 Å². The monoisotopic (exact) mass is 474 g/mol. The van der Waals surface area contributed by atoms with Crippen LogP contribution in [0.2, 0.25) is 0 Å². The van der Waals surface area contributed by atoms with E-state index in [1.807, 2.05) is 20.8 Å². The minimum absolute atomic E-state index is 0.00690. The summed E-state index contributed by atoms with van der Waals surface area (Å²) in [7, 11) is 0. The molecule has 0 aliphatic heterocycles. The van der Waals surface area contributed by atoms with Crippen LogP contribution >= 0.6 is 11.6 Å². The fourth-order valence-electron chi connectivity index (χ4n) is 4.18. The van der Waals surface area contributed by atoms with Crippen molar-refractivity contribution in [1.29, 1.82) is 0 Å². The van der Waals surface area contributed by atoms with Gasteiger partial charge in [0.15, 0.2) is 0 Å². The first-order chi connectivity index (χ1) is 15.4. The molecule has 0 radical (unpaired) electrons. The van der Waals surface area contributed by atoms with Gasteiger partial charge in [0.1, 0.15) is 11.5 Å². The predicted octanol–water partition coefficient (Wildman–Crippen LogP) is 9.40. The number of benzene rings is 1. The molecule has 1 atom stereocenters. The summed E-state index contributed by atoms with van der Waals surface area (Å²) in [5.74, 6) is 1.21. The average molecular weight is 475 g/mol. The van der Waals surface area contributed by atoms with Crippen molar-refractivity contribution >= 4 is 11.6 Å². The van der Waals surface area contributed by atoms with E-state index >= 15 is 0 Å². The van der Waals surface area contributed by atoms with E-state index in [0.29, 0.717) is 17.4 Å². The molecular formula is C30H47ClO2.